The molecule has 2 aromatic carbocycles. The van der Waals surface area contributed by atoms with Crippen LogP contribution in [0.1, 0.15) is 46.3 Å². The van der Waals surface area contributed by atoms with E-state index in [1.165, 1.54) is 0 Å². The van der Waals surface area contributed by atoms with Crippen molar-refractivity contribution >= 4 is 17.5 Å². The summed E-state index contributed by atoms with van der Waals surface area (Å²) in [6, 6.07) is 12.1. The van der Waals surface area contributed by atoms with Gasteiger partial charge >= 0.3 is 0 Å². The predicted molar refractivity (Wildman–Crippen MR) is 116 cm³/mol. The molecule has 6 heteroatoms. The molecule has 1 aliphatic carbocycles. The number of aryl methyl sites for hydroxylation is 1. The van der Waals surface area contributed by atoms with E-state index in [4.69, 9.17) is 11.6 Å². The van der Waals surface area contributed by atoms with Crippen LogP contribution < -0.4 is 0 Å². The molecule has 1 aromatic heterocycles. The van der Waals surface area contributed by atoms with Gasteiger partial charge in [0.25, 0.3) is 5.91 Å². The van der Waals surface area contributed by atoms with E-state index in [1.807, 2.05) is 36.5 Å². The van der Waals surface area contributed by atoms with E-state index in [1.54, 1.807) is 4.68 Å². The smallest absolute Gasteiger partial charge is 0.254 e. The largest absolute Gasteiger partial charge is 0.391 e. The number of benzene rings is 2. The summed E-state index contributed by atoms with van der Waals surface area (Å²) in [4.78, 5) is 14.8. The number of amides is 1. The lowest BCUT2D eigenvalue weighted by Gasteiger charge is -2.26. The lowest BCUT2D eigenvalue weighted by atomic mass is 9.99. The minimum absolute atomic E-state index is 0.0146. The zero-order valence-corrected chi connectivity index (χ0v) is 17.6. The first-order valence-corrected chi connectivity index (χ1v) is 10.8. The molecule has 1 amide bonds. The highest BCUT2D eigenvalue weighted by atomic mass is 35.5. The van der Waals surface area contributed by atoms with Crippen LogP contribution in [0.4, 0.5) is 0 Å². The fourth-order valence-electron chi connectivity index (χ4n) is 4.69. The van der Waals surface area contributed by atoms with Crippen molar-refractivity contribution in [3.63, 3.8) is 0 Å². The standard InChI is InChI=1S/C24H24ClN3O2/c1-27-13-19(12-26-27)16-7-5-15(6-8-16)9-17-10-20-18(11-21(17)25)14-28(24(20)30)22-3-2-4-23(22)29/h5-8,10-13,22-23,29H,2-4,9,14H2,1H3/t22-,23-/m1/s1. The summed E-state index contributed by atoms with van der Waals surface area (Å²) in [5, 5.41) is 15.1. The molecule has 3 aromatic rings. The maximum atomic E-state index is 13.0. The van der Waals surface area contributed by atoms with Crippen LogP contribution in [0.3, 0.4) is 0 Å². The van der Waals surface area contributed by atoms with Crippen LogP contribution in [0.2, 0.25) is 5.02 Å². The van der Waals surface area contributed by atoms with E-state index < -0.39 is 6.10 Å². The van der Waals surface area contributed by atoms with E-state index in [-0.39, 0.29) is 11.9 Å². The summed E-state index contributed by atoms with van der Waals surface area (Å²) in [5.74, 6) is 0.0146. The third-order valence-corrected chi connectivity index (χ3v) is 6.69. The Morgan fingerprint density at radius 1 is 1.17 bits per heavy atom. The van der Waals surface area contributed by atoms with Crippen LogP contribution in [0.5, 0.6) is 0 Å². The molecule has 1 N–H and O–H groups in total. The fourth-order valence-corrected chi connectivity index (χ4v) is 4.95. The Morgan fingerprint density at radius 3 is 2.63 bits per heavy atom. The molecule has 2 heterocycles. The lowest BCUT2D eigenvalue weighted by molar-refractivity contribution is 0.0479. The number of carbonyl (C=O) groups is 1. The highest BCUT2D eigenvalue weighted by Crippen LogP contribution is 2.35. The molecule has 0 spiro atoms. The van der Waals surface area contributed by atoms with Crippen molar-refractivity contribution in [2.24, 2.45) is 7.05 Å². The maximum absolute atomic E-state index is 13.0. The van der Waals surface area contributed by atoms with Gasteiger partial charge in [0.05, 0.1) is 18.3 Å². The number of aromatic nitrogens is 2. The van der Waals surface area contributed by atoms with Crippen LogP contribution in [-0.4, -0.2) is 37.8 Å². The summed E-state index contributed by atoms with van der Waals surface area (Å²) in [5.41, 5.74) is 5.97. The molecular weight excluding hydrogens is 398 g/mol. The number of rotatable bonds is 4. The normalized spacial score (nSPS) is 20.8. The van der Waals surface area contributed by atoms with Crippen molar-refractivity contribution in [3.05, 3.63) is 76.1 Å². The summed E-state index contributed by atoms with van der Waals surface area (Å²) >= 11 is 6.58. The summed E-state index contributed by atoms with van der Waals surface area (Å²) < 4.78 is 1.79. The van der Waals surface area contributed by atoms with Gasteiger partial charge in [0.2, 0.25) is 0 Å². The van der Waals surface area contributed by atoms with Gasteiger partial charge in [-0.05, 0) is 60.1 Å². The first-order chi connectivity index (χ1) is 14.5. The Kier molecular flexibility index (Phi) is 4.88. The summed E-state index contributed by atoms with van der Waals surface area (Å²) in [6.07, 6.45) is 6.69. The zero-order valence-electron chi connectivity index (χ0n) is 16.9. The summed E-state index contributed by atoms with van der Waals surface area (Å²) in [6.45, 7) is 0.537. The fraction of sp³-hybridized carbons (Fsp3) is 0.333. The number of hydrogen-bond acceptors (Lipinski definition) is 3. The first-order valence-electron chi connectivity index (χ1n) is 10.4. The van der Waals surface area contributed by atoms with Gasteiger partial charge in [-0.25, -0.2) is 0 Å². The SMILES string of the molecule is Cn1cc(-c2ccc(Cc3cc4c(cc3Cl)CN([C@@H]3CCC[C@H]3O)C4=O)cc2)cn1. The van der Waals surface area contributed by atoms with E-state index in [2.05, 4.69) is 29.4 Å². The molecule has 0 unspecified atom stereocenters. The number of aliphatic hydroxyl groups excluding tert-OH is 1. The highest BCUT2D eigenvalue weighted by molar-refractivity contribution is 6.31. The lowest BCUT2D eigenvalue weighted by Crippen LogP contribution is -2.40. The van der Waals surface area contributed by atoms with Crippen LogP contribution in [0.15, 0.2) is 48.8 Å². The van der Waals surface area contributed by atoms with Crippen LogP contribution in [-0.2, 0) is 20.0 Å². The number of nitrogens with zero attached hydrogens (tertiary/aromatic N) is 3. The second-order valence-corrected chi connectivity index (χ2v) is 8.78. The second-order valence-electron chi connectivity index (χ2n) is 8.38. The van der Waals surface area contributed by atoms with E-state index in [0.717, 1.165) is 52.6 Å². The molecule has 0 radical (unpaired) electrons. The molecular formula is C24H24ClN3O2. The topological polar surface area (TPSA) is 58.4 Å². The summed E-state index contributed by atoms with van der Waals surface area (Å²) in [7, 11) is 1.91. The molecule has 5 nitrogen and oxygen atoms in total. The van der Waals surface area contributed by atoms with Crippen molar-refractivity contribution < 1.29 is 9.90 Å². The number of fused-ring (bicyclic) bond motifs is 1. The molecule has 2 aliphatic rings. The average Bonchev–Trinajstić information content (AvgIpc) is 3.43. The van der Waals surface area contributed by atoms with Gasteiger partial charge in [-0.1, -0.05) is 35.9 Å². The molecule has 1 aliphatic heterocycles. The van der Waals surface area contributed by atoms with Crippen LogP contribution in [0, 0.1) is 0 Å². The minimum Gasteiger partial charge on any atom is -0.391 e. The van der Waals surface area contributed by atoms with Crippen LogP contribution in [0.25, 0.3) is 11.1 Å². The van der Waals surface area contributed by atoms with Crippen molar-refractivity contribution in [2.75, 3.05) is 0 Å². The quantitative estimate of drug-likeness (QED) is 0.686. The molecule has 154 valence electrons. The van der Waals surface area contributed by atoms with Crippen molar-refractivity contribution in [2.45, 2.75) is 44.4 Å². The Balaban J connectivity index is 1.37. The van der Waals surface area contributed by atoms with E-state index >= 15 is 0 Å². The molecule has 30 heavy (non-hydrogen) atoms. The van der Waals surface area contributed by atoms with Crippen molar-refractivity contribution in [1.29, 1.82) is 0 Å². The number of hydrogen-bond donors (Lipinski definition) is 1. The van der Waals surface area contributed by atoms with Crippen molar-refractivity contribution in [1.82, 2.24) is 14.7 Å². The van der Waals surface area contributed by atoms with Gasteiger partial charge in [0.1, 0.15) is 0 Å². The van der Waals surface area contributed by atoms with Gasteiger partial charge in [-0.15, -0.1) is 0 Å². The molecule has 1 fully saturated rings. The molecule has 2 atom stereocenters. The van der Waals surface area contributed by atoms with Crippen molar-refractivity contribution in [3.8, 4) is 11.1 Å². The molecule has 0 bridgehead atoms. The van der Waals surface area contributed by atoms with Gasteiger partial charge in [-0.3, -0.25) is 9.48 Å². The molecule has 5 rings (SSSR count). The van der Waals surface area contributed by atoms with Gasteiger partial charge in [0, 0.05) is 35.9 Å². The number of aliphatic hydroxyl groups is 1. The van der Waals surface area contributed by atoms with E-state index in [9.17, 15) is 9.90 Å². The van der Waals surface area contributed by atoms with Gasteiger partial charge in [0.15, 0.2) is 0 Å². The molecule has 1 saturated carbocycles. The van der Waals surface area contributed by atoms with Gasteiger partial charge < -0.3 is 10.0 Å². The third-order valence-electron chi connectivity index (χ3n) is 6.34. The number of carbonyl (C=O) groups excluding carboxylic acids is 1. The average molecular weight is 422 g/mol. The zero-order chi connectivity index (χ0) is 20.8. The highest BCUT2D eigenvalue weighted by Gasteiger charge is 2.38. The monoisotopic (exact) mass is 421 g/mol. The Hall–Kier alpha value is -2.63. The minimum atomic E-state index is -0.420. The Labute approximate surface area is 180 Å². The second kappa shape index (κ2) is 7.56. The number of halogens is 1. The Bertz CT molecular complexity index is 1110. The predicted octanol–water partition coefficient (Wildman–Crippen LogP) is 4.20. The van der Waals surface area contributed by atoms with Gasteiger partial charge in [-0.2, -0.15) is 5.10 Å². The van der Waals surface area contributed by atoms with E-state index in [0.29, 0.717) is 18.0 Å². The maximum Gasteiger partial charge on any atom is 0.254 e. The molecule has 0 saturated heterocycles. The third kappa shape index (κ3) is 3.42. The Morgan fingerprint density at radius 2 is 1.97 bits per heavy atom. The first kappa shape index (κ1) is 19.3. The van der Waals surface area contributed by atoms with Crippen LogP contribution >= 0.6 is 11.6 Å².